The molecule has 0 radical (unpaired) electrons. The van der Waals surface area contributed by atoms with Crippen LogP contribution in [0.25, 0.3) is 0 Å². The highest BCUT2D eigenvalue weighted by atomic mass is 79.9. The summed E-state index contributed by atoms with van der Waals surface area (Å²) in [5.41, 5.74) is 3.21. The standard InChI is InChI=1S/C15H20BrN3O2/c1-14-7-8-18(2)15(14,16)19(3)12-9-10(5-6-11(12)14)17-13(20)21-4/h5-6,9H,7-8H2,1-4H3,(H,17,20)/t14-,15-/m1/s1. The SMILES string of the molecule is COC(=O)Nc1ccc2c(c1)N(C)[C@]1(Br)N(C)CC[C@]21C. The number of nitrogens with zero attached hydrogens (tertiary/aromatic N) is 2. The molecule has 2 aliphatic rings. The van der Waals surface area contributed by atoms with Gasteiger partial charge in [-0.1, -0.05) is 13.0 Å². The minimum Gasteiger partial charge on any atom is -0.453 e. The number of likely N-dealkylation sites (N-methyl/N-ethyl adjacent to an activating group) is 2. The summed E-state index contributed by atoms with van der Waals surface area (Å²) in [5.74, 6) is 0. The predicted molar refractivity (Wildman–Crippen MR) is 87.1 cm³/mol. The zero-order valence-electron chi connectivity index (χ0n) is 12.7. The van der Waals surface area contributed by atoms with E-state index < -0.39 is 6.09 Å². The number of nitrogens with one attached hydrogen (secondary N) is 1. The highest BCUT2D eigenvalue weighted by Gasteiger charge is 2.62. The number of anilines is 2. The Hall–Kier alpha value is -1.27. The number of carbonyl (C=O) groups excluding carboxylic acids is 1. The smallest absolute Gasteiger partial charge is 0.411 e. The van der Waals surface area contributed by atoms with Crippen LogP contribution in [0.15, 0.2) is 18.2 Å². The Labute approximate surface area is 133 Å². The van der Waals surface area contributed by atoms with Gasteiger partial charge in [-0.15, -0.1) is 0 Å². The Bertz CT molecular complexity index is 609. The minimum atomic E-state index is -0.451. The second kappa shape index (κ2) is 4.61. The molecular formula is C15H20BrN3O2. The molecule has 2 heterocycles. The number of likely N-dealkylation sites (tertiary alicyclic amines) is 1. The first-order valence-corrected chi connectivity index (χ1v) is 7.77. The molecule has 0 unspecified atom stereocenters. The van der Waals surface area contributed by atoms with Crippen LogP contribution in [0, 0.1) is 0 Å². The first-order chi connectivity index (χ1) is 9.84. The number of hydrogen-bond donors (Lipinski definition) is 1. The molecule has 2 aliphatic heterocycles. The number of benzene rings is 1. The van der Waals surface area contributed by atoms with Crippen molar-refractivity contribution in [2.45, 2.75) is 23.3 Å². The van der Waals surface area contributed by atoms with Gasteiger partial charge in [-0.05, 0) is 47.1 Å². The third-order valence-electron chi connectivity index (χ3n) is 4.98. The van der Waals surface area contributed by atoms with E-state index >= 15 is 0 Å². The minimum absolute atomic E-state index is 0.0234. The Morgan fingerprint density at radius 1 is 1.43 bits per heavy atom. The topological polar surface area (TPSA) is 44.8 Å². The zero-order chi connectivity index (χ0) is 15.4. The van der Waals surface area contributed by atoms with Crippen LogP contribution in [0.1, 0.15) is 18.9 Å². The summed E-state index contributed by atoms with van der Waals surface area (Å²) in [5, 5.41) is 2.73. The molecule has 0 aromatic heterocycles. The number of ether oxygens (including phenoxy) is 1. The second-order valence-corrected chi connectivity index (χ2v) is 7.10. The number of alkyl halides is 1. The highest BCUT2D eigenvalue weighted by molar-refractivity contribution is 9.10. The van der Waals surface area contributed by atoms with Gasteiger partial charge in [0.25, 0.3) is 0 Å². The van der Waals surface area contributed by atoms with Crippen LogP contribution in [-0.4, -0.2) is 43.3 Å². The average molecular weight is 354 g/mol. The molecule has 1 aromatic carbocycles. The van der Waals surface area contributed by atoms with Crippen LogP contribution in [0.4, 0.5) is 16.2 Å². The predicted octanol–water partition coefficient (Wildman–Crippen LogP) is 2.96. The molecule has 114 valence electrons. The van der Waals surface area contributed by atoms with Crippen molar-refractivity contribution in [2.24, 2.45) is 0 Å². The summed E-state index contributed by atoms with van der Waals surface area (Å²) in [6.07, 6.45) is 0.642. The summed E-state index contributed by atoms with van der Waals surface area (Å²) < 4.78 is 4.43. The molecule has 0 bridgehead atoms. The molecule has 1 aromatic rings. The van der Waals surface area contributed by atoms with Crippen LogP contribution >= 0.6 is 15.9 Å². The molecular weight excluding hydrogens is 334 g/mol. The van der Waals surface area contributed by atoms with Gasteiger partial charge in [0.15, 0.2) is 4.57 Å². The fourth-order valence-electron chi connectivity index (χ4n) is 3.73. The van der Waals surface area contributed by atoms with Gasteiger partial charge in [0.2, 0.25) is 0 Å². The van der Waals surface area contributed by atoms with Crippen molar-refractivity contribution in [1.82, 2.24) is 4.90 Å². The van der Waals surface area contributed by atoms with E-state index in [-0.39, 0.29) is 9.99 Å². The van der Waals surface area contributed by atoms with Crippen molar-refractivity contribution in [3.05, 3.63) is 23.8 Å². The number of methoxy groups -OCH3 is 1. The van der Waals surface area contributed by atoms with Crippen LogP contribution < -0.4 is 10.2 Å². The molecule has 1 amide bonds. The first kappa shape index (κ1) is 14.7. The largest absolute Gasteiger partial charge is 0.453 e. The van der Waals surface area contributed by atoms with Crippen LogP contribution in [-0.2, 0) is 10.2 Å². The lowest BCUT2D eigenvalue weighted by molar-refractivity contribution is 0.187. The maximum atomic E-state index is 11.4. The third kappa shape index (κ3) is 1.75. The summed E-state index contributed by atoms with van der Waals surface area (Å²) in [6, 6.07) is 6.05. The Kier molecular flexibility index (Phi) is 3.22. The van der Waals surface area contributed by atoms with Gasteiger partial charge in [-0.25, -0.2) is 4.79 Å². The van der Waals surface area contributed by atoms with E-state index in [0.717, 1.165) is 24.3 Å². The number of halogens is 1. The third-order valence-corrected chi connectivity index (χ3v) is 7.00. The molecule has 6 heteroatoms. The highest BCUT2D eigenvalue weighted by Crippen LogP contribution is 2.60. The summed E-state index contributed by atoms with van der Waals surface area (Å²) >= 11 is 3.97. The summed E-state index contributed by atoms with van der Waals surface area (Å²) in [7, 11) is 5.58. The van der Waals surface area contributed by atoms with E-state index in [9.17, 15) is 4.79 Å². The van der Waals surface area contributed by atoms with E-state index in [1.54, 1.807) is 0 Å². The molecule has 5 nitrogen and oxygen atoms in total. The van der Waals surface area contributed by atoms with Crippen molar-refractivity contribution in [3.8, 4) is 0 Å². The maximum absolute atomic E-state index is 11.4. The van der Waals surface area contributed by atoms with Crippen molar-refractivity contribution >= 4 is 33.4 Å². The van der Waals surface area contributed by atoms with Crippen molar-refractivity contribution in [2.75, 3.05) is 38.0 Å². The van der Waals surface area contributed by atoms with E-state index in [0.29, 0.717) is 0 Å². The fraction of sp³-hybridized carbons (Fsp3) is 0.533. The maximum Gasteiger partial charge on any atom is 0.411 e. The molecule has 1 N–H and O–H groups in total. The summed E-state index contributed by atoms with van der Waals surface area (Å²) in [4.78, 5) is 16.0. The zero-order valence-corrected chi connectivity index (χ0v) is 14.3. The van der Waals surface area contributed by atoms with Crippen LogP contribution in [0.5, 0.6) is 0 Å². The van der Waals surface area contributed by atoms with Crippen molar-refractivity contribution in [3.63, 3.8) is 0 Å². The van der Waals surface area contributed by atoms with Gasteiger partial charge >= 0.3 is 6.09 Å². The first-order valence-electron chi connectivity index (χ1n) is 6.98. The van der Waals surface area contributed by atoms with E-state index in [2.05, 4.69) is 62.9 Å². The van der Waals surface area contributed by atoms with Crippen LogP contribution in [0.2, 0.25) is 0 Å². The lowest BCUT2D eigenvalue weighted by Crippen LogP contribution is -2.55. The number of carbonyl (C=O) groups is 1. The summed E-state index contributed by atoms with van der Waals surface area (Å²) in [6.45, 7) is 3.34. The number of rotatable bonds is 1. The van der Waals surface area contributed by atoms with Crippen LogP contribution in [0.3, 0.4) is 0 Å². The molecule has 3 rings (SSSR count). The quantitative estimate of drug-likeness (QED) is 0.622. The molecule has 21 heavy (non-hydrogen) atoms. The van der Waals surface area contributed by atoms with Gasteiger partial charge in [-0.2, -0.15) is 0 Å². The van der Waals surface area contributed by atoms with E-state index in [1.165, 1.54) is 12.7 Å². The Morgan fingerprint density at radius 2 is 2.14 bits per heavy atom. The van der Waals surface area contributed by atoms with Gasteiger partial charge in [-0.3, -0.25) is 10.2 Å². The normalized spacial score (nSPS) is 31.0. The lowest BCUT2D eigenvalue weighted by Gasteiger charge is -2.42. The second-order valence-electron chi connectivity index (χ2n) is 6.00. The average Bonchev–Trinajstić information content (AvgIpc) is 2.80. The van der Waals surface area contributed by atoms with E-state index in [1.807, 2.05) is 12.1 Å². The Morgan fingerprint density at radius 3 is 2.81 bits per heavy atom. The molecule has 0 saturated carbocycles. The Balaban J connectivity index is 2.05. The fourth-order valence-corrected chi connectivity index (χ4v) is 4.51. The molecule has 0 aliphatic carbocycles. The van der Waals surface area contributed by atoms with Gasteiger partial charge < -0.3 is 9.64 Å². The molecule has 1 fully saturated rings. The van der Waals surface area contributed by atoms with E-state index in [4.69, 9.17) is 0 Å². The molecule has 0 spiro atoms. The van der Waals surface area contributed by atoms with Crippen molar-refractivity contribution < 1.29 is 9.53 Å². The van der Waals surface area contributed by atoms with Crippen molar-refractivity contribution in [1.29, 1.82) is 0 Å². The number of fused-ring (bicyclic) bond motifs is 3. The lowest BCUT2D eigenvalue weighted by atomic mass is 9.81. The van der Waals surface area contributed by atoms with Gasteiger partial charge in [0, 0.05) is 30.4 Å². The molecule has 2 atom stereocenters. The molecule has 1 saturated heterocycles. The monoisotopic (exact) mass is 353 g/mol. The number of amides is 1. The number of hydrogen-bond acceptors (Lipinski definition) is 4. The van der Waals surface area contributed by atoms with Gasteiger partial charge in [0.1, 0.15) is 0 Å². The van der Waals surface area contributed by atoms with Gasteiger partial charge in [0.05, 0.1) is 7.11 Å².